The Morgan fingerprint density at radius 2 is 1.30 bits per heavy atom. The average molecular weight is 696 g/mol. The summed E-state index contributed by atoms with van der Waals surface area (Å²) in [5, 5.41) is 7.79. The molecule has 0 fully saturated rings. The van der Waals surface area contributed by atoms with Crippen LogP contribution in [0.25, 0.3) is 0 Å². The zero-order valence-electron chi connectivity index (χ0n) is 27.1. The van der Waals surface area contributed by atoms with Crippen LogP contribution in [0.3, 0.4) is 0 Å². The molecule has 2 atom stereocenters. The molecule has 13 heteroatoms. The summed E-state index contributed by atoms with van der Waals surface area (Å²) in [5.74, 6) is -3.41. The number of aromatic nitrogens is 1. The summed E-state index contributed by atoms with van der Waals surface area (Å²) in [7, 11) is 0. The summed E-state index contributed by atoms with van der Waals surface area (Å²) in [6, 6.07) is 27.5. The van der Waals surface area contributed by atoms with Gasteiger partial charge in [-0.05, 0) is 28.8 Å². The van der Waals surface area contributed by atoms with Gasteiger partial charge in [-0.15, -0.1) is 0 Å². The molecule has 0 aliphatic carbocycles. The van der Waals surface area contributed by atoms with Crippen molar-refractivity contribution in [1.29, 1.82) is 0 Å². The highest BCUT2D eigenvalue weighted by molar-refractivity contribution is 7.80. The van der Waals surface area contributed by atoms with Crippen LogP contribution >= 0.6 is 12.2 Å². The summed E-state index contributed by atoms with van der Waals surface area (Å²) >= 11 is 4.89. The Morgan fingerprint density at radius 3 is 1.86 bits per heavy atom. The van der Waals surface area contributed by atoms with Crippen LogP contribution < -0.4 is 21.7 Å². The third kappa shape index (κ3) is 12.3. The van der Waals surface area contributed by atoms with Crippen LogP contribution in [0, 0.1) is 0 Å². The molecule has 258 valence electrons. The van der Waals surface area contributed by atoms with E-state index < -0.39 is 48.2 Å². The molecule has 1 heterocycles. The summed E-state index contributed by atoms with van der Waals surface area (Å²) < 4.78 is 10.9. The number of nitrogens with zero attached hydrogens (tertiary/aromatic N) is 1. The first-order valence-electron chi connectivity index (χ1n) is 15.8. The Kier molecular flexibility index (Phi) is 14.1. The van der Waals surface area contributed by atoms with Gasteiger partial charge in [0.1, 0.15) is 36.0 Å². The highest BCUT2D eigenvalue weighted by atomic mass is 32.1. The fraction of sp³-hybridized carbons (Fsp3) is 0.216. The van der Waals surface area contributed by atoms with E-state index >= 15 is 0 Å². The number of nitrogens with two attached hydrogens (primary N) is 1. The van der Waals surface area contributed by atoms with Gasteiger partial charge in [0.15, 0.2) is 0 Å². The Balaban J connectivity index is 1.42. The summed E-state index contributed by atoms with van der Waals surface area (Å²) in [4.78, 5) is 69.5. The molecule has 0 spiro atoms. The van der Waals surface area contributed by atoms with Gasteiger partial charge >= 0.3 is 11.9 Å². The van der Waals surface area contributed by atoms with Gasteiger partial charge in [-0.1, -0.05) is 103 Å². The van der Waals surface area contributed by atoms with Gasteiger partial charge in [0, 0.05) is 31.1 Å². The first-order valence-corrected chi connectivity index (χ1v) is 16.2. The van der Waals surface area contributed by atoms with Crippen molar-refractivity contribution in [2.45, 2.75) is 44.6 Å². The molecule has 0 radical (unpaired) electrons. The molecule has 5 N–H and O–H groups in total. The second-order valence-corrected chi connectivity index (χ2v) is 11.6. The number of ether oxygens (including phenoxy) is 2. The number of benzene rings is 3. The van der Waals surface area contributed by atoms with E-state index in [1.807, 2.05) is 30.3 Å². The fourth-order valence-corrected chi connectivity index (χ4v) is 4.76. The first-order chi connectivity index (χ1) is 24.2. The lowest BCUT2D eigenvalue weighted by Crippen LogP contribution is -2.53. The molecular formula is C37H37N5O7S. The molecule has 1 aromatic heterocycles. The SMILES string of the molecule is NC(=S)c1ccc(C(=O)NCCC(=O)N[C@@H](CC(=O)OCc2ccccc2)C(=O)N[C@@H](Cc2ccccc2)C(=O)OCc2ccccc2)nc1. The molecule has 0 aliphatic rings. The molecule has 4 aromatic rings. The summed E-state index contributed by atoms with van der Waals surface area (Å²) in [6.45, 7) is -0.153. The van der Waals surface area contributed by atoms with Crippen LogP contribution in [0.4, 0.5) is 0 Å². The van der Waals surface area contributed by atoms with Gasteiger partial charge in [-0.25, -0.2) is 4.79 Å². The third-order valence-electron chi connectivity index (χ3n) is 7.29. The number of carbonyl (C=O) groups is 5. The number of thiocarbonyl (C=S) groups is 1. The van der Waals surface area contributed by atoms with Gasteiger partial charge in [0.25, 0.3) is 5.91 Å². The zero-order valence-corrected chi connectivity index (χ0v) is 27.9. The Bertz CT molecular complexity index is 1760. The predicted molar refractivity (Wildman–Crippen MR) is 188 cm³/mol. The Morgan fingerprint density at radius 1 is 0.720 bits per heavy atom. The number of rotatable bonds is 17. The second kappa shape index (κ2) is 19.1. The molecule has 0 bridgehead atoms. The molecule has 0 aliphatic heterocycles. The number of carbonyl (C=O) groups excluding carboxylic acids is 5. The standard InChI is InChI=1S/C37H37N5O7S/c38-34(50)28-16-17-29(40-22-28)35(45)39-19-18-32(43)41-30(21-33(44)48-23-26-12-6-2-7-13-26)36(46)42-31(20-25-10-4-1-5-11-25)37(47)49-24-27-14-8-3-9-15-27/h1-17,22,30-31H,18-21,23-24H2,(H2,38,50)(H,39,45)(H,41,43)(H,42,46)/t30-,31-/m0/s1. The van der Waals surface area contributed by atoms with Crippen molar-refractivity contribution < 1.29 is 33.4 Å². The lowest BCUT2D eigenvalue weighted by molar-refractivity contribution is -0.150. The number of amides is 3. The number of nitrogens with one attached hydrogen (secondary N) is 3. The Hall–Kier alpha value is -5.95. The van der Waals surface area contributed by atoms with E-state index in [-0.39, 0.29) is 43.3 Å². The van der Waals surface area contributed by atoms with Crippen molar-refractivity contribution >= 4 is 46.9 Å². The minimum atomic E-state index is -1.41. The van der Waals surface area contributed by atoms with Crippen LogP contribution in [0.15, 0.2) is 109 Å². The van der Waals surface area contributed by atoms with Gasteiger partial charge in [0.2, 0.25) is 11.8 Å². The van der Waals surface area contributed by atoms with Gasteiger partial charge in [0.05, 0.1) is 6.42 Å². The van der Waals surface area contributed by atoms with E-state index in [4.69, 9.17) is 27.4 Å². The predicted octanol–water partition coefficient (Wildman–Crippen LogP) is 2.92. The van der Waals surface area contributed by atoms with Crippen LogP contribution in [0.5, 0.6) is 0 Å². The molecule has 50 heavy (non-hydrogen) atoms. The lowest BCUT2D eigenvalue weighted by Gasteiger charge is -2.23. The smallest absolute Gasteiger partial charge is 0.329 e. The Labute approximate surface area is 294 Å². The zero-order chi connectivity index (χ0) is 35.7. The quantitative estimate of drug-likeness (QED) is 0.0949. The van der Waals surface area contributed by atoms with E-state index in [1.165, 1.54) is 12.3 Å². The maximum absolute atomic E-state index is 13.7. The van der Waals surface area contributed by atoms with E-state index in [2.05, 4.69) is 20.9 Å². The normalized spacial score (nSPS) is 11.7. The van der Waals surface area contributed by atoms with Crippen molar-refractivity contribution in [1.82, 2.24) is 20.9 Å². The van der Waals surface area contributed by atoms with Crippen LogP contribution in [-0.2, 0) is 48.3 Å². The van der Waals surface area contributed by atoms with E-state index in [0.29, 0.717) is 5.56 Å². The van der Waals surface area contributed by atoms with Gasteiger partial charge in [-0.2, -0.15) is 0 Å². The van der Waals surface area contributed by atoms with Crippen molar-refractivity contribution in [3.63, 3.8) is 0 Å². The summed E-state index contributed by atoms with van der Waals surface area (Å²) in [5.41, 5.74) is 8.40. The monoisotopic (exact) mass is 695 g/mol. The van der Waals surface area contributed by atoms with Gasteiger partial charge in [-0.3, -0.25) is 24.2 Å². The van der Waals surface area contributed by atoms with Gasteiger partial charge < -0.3 is 31.2 Å². The molecule has 0 saturated heterocycles. The third-order valence-corrected chi connectivity index (χ3v) is 7.53. The molecule has 0 saturated carbocycles. The maximum Gasteiger partial charge on any atom is 0.329 e. The molecular weight excluding hydrogens is 659 g/mol. The number of esters is 2. The number of pyridine rings is 1. The van der Waals surface area contributed by atoms with Crippen LogP contribution in [-0.4, -0.2) is 58.3 Å². The second-order valence-electron chi connectivity index (χ2n) is 11.1. The highest BCUT2D eigenvalue weighted by Gasteiger charge is 2.30. The van der Waals surface area contributed by atoms with Crippen molar-refractivity contribution in [3.05, 3.63) is 137 Å². The minimum absolute atomic E-state index is 0.0152. The minimum Gasteiger partial charge on any atom is -0.461 e. The average Bonchev–Trinajstić information content (AvgIpc) is 3.13. The summed E-state index contributed by atoms with van der Waals surface area (Å²) in [6.07, 6.45) is 0.712. The van der Waals surface area contributed by atoms with E-state index in [1.54, 1.807) is 66.7 Å². The highest BCUT2D eigenvalue weighted by Crippen LogP contribution is 2.10. The molecule has 4 rings (SSSR count). The van der Waals surface area contributed by atoms with Crippen molar-refractivity contribution in [3.8, 4) is 0 Å². The van der Waals surface area contributed by atoms with E-state index in [9.17, 15) is 24.0 Å². The van der Waals surface area contributed by atoms with E-state index in [0.717, 1.165) is 16.7 Å². The molecule has 0 unspecified atom stereocenters. The largest absolute Gasteiger partial charge is 0.461 e. The fourth-order valence-electron chi connectivity index (χ4n) is 4.64. The number of hydrogen-bond donors (Lipinski definition) is 4. The molecule has 12 nitrogen and oxygen atoms in total. The maximum atomic E-state index is 13.7. The lowest BCUT2D eigenvalue weighted by atomic mass is 10.0. The first kappa shape index (κ1) is 36.9. The van der Waals surface area contributed by atoms with Crippen molar-refractivity contribution in [2.75, 3.05) is 6.54 Å². The molecule has 3 amide bonds. The molecule has 3 aromatic carbocycles. The number of hydrogen-bond acceptors (Lipinski definition) is 9. The van der Waals surface area contributed by atoms with Crippen LogP contribution in [0.1, 0.15) is 45.6 Å². The van der Waals surface area contributed by atoms with Crippen LogP contribution in [0.2, 0.25) is 0 Å². The topological polar surface area (TPSA) is 179 Å². The van der Waals surface area contributed by atoms with Crippen molar-refractivity contribution in [2.24, 2.45) is 5.73 Å².